The van der Waals surface area contributed by atoms with Crippen LogP contribution in [0, 0.1) is 0 Å². The van der Waals surface area contributed by atoms with Crippen LogP contribution in [0.4, 0.5) is 0 Å². The van der Waals surface area contributed by atoms with Crippen molar-refractivity contribution in [1.29, 1.82) is 0 Å². The summed E-state index contributed by atoms with van der Waals surface area (Å²) in [5.41, 5.74) is 0.0961. The zero-order chi connectivity index (χ0) is 14.0. The molecule has 1 aromatic carbocycles. The fourth-order valence-corrected chi connectivity index (χ4v) is 2.97. The highest BCUT2D eigenvalue weighted by Gasteiger charge is 2.34. The van der Waals surface area contributed by atoms with Crippen molar-refractivity contribution < 1.29 is 9.90 Å². The van der Waals surface area contributed by atoms with E-state index in [0.717, 1.165) is 15.2 Å². The minimum Gasteiger partial charge on any atom is -0.480 e. The fourth-order valence-electron chi connectivity index (χ4n) is 1.99. The molecule has 4 nitrogen and oxygen atoms in total. The summed E-state index contributed by atoms with van der Waals surface area (Å²) in [6.07, 6.45) is 0. The Morgan fingerprint density at radius 1 is 1.42 bits per heavy atom. The molecule has 0 bridgehead atoms. The van der Waals surface area contributed by atoms with Crippen molar-refractivity contribution in [3.63, 3.8) is 0 Å². The van der Waals surface area contributed by atoms with E-state index in [4.69, 9.17) is 0 Å². The van der Waals surface area contributed by atoms with E-state index < -0.39 is 11.5 Å². The van der Waals surface area contributed by atoms with Crippen molar-refractivity contribution in [1.82, 2.24) is 9.88 Å². The van der Waals surface area contributed by atoms with Gasteiger partial charge in [0.2, 0.25) is 0 Å². The van der Waals surface area contributed by atoms with Crippen LogP contribution in [0.3, 0.4) is 0 Å². The summed E-state index contributed by atoms with van der Waals surface area (Å²) in [5.74, 6) is -0.810. The number of thiazole rings is 1. The first kappa shape index (κ1) is 14.0. The molecule has 2 aromatic rings. The highest BCUT2D eigenvalue weighted by Crippen LogP contribution is 2.25. The van der Waals surface area contributed by atoms with Gasteiger partial charge in [0.15, 0.2) is 0 Å². The van der Waals surface area contributed by atoms with Crippen LogP contribution >= 0.6 is 11.3 Å². The Labute approximate surface area is 116 Å². The smallest absolute Gasteiger partial charge is 0.323 e. The third-order valence-electron chi connectivity index (χ3n) is 3.36. The normalized spacial score (nSPS) is 12.2. The Morgan fingerprint density at radius 2 is 2.11 bits per heavy atom. The van der Waals surface area contributed by atoms with E-state index in [1.807, 2.05) is 36.1 Å². The molecule has 1 heterocycles. The Kier molecular flexibility index (Phi) is 3.87. The van der Waals surface area contributed by atoms with Crippen LogP contribution in [-0.4, -0.2) is 33.0 Å². The first-order chi connectivity index (χ1) is 8.95. The van der Waals surface area contributed by atoms with Gasteiger partial charge in [0.05, 0.1) is 16.8 Å². The molecule has 0 aliphatic rings. The monoisotopic (exact) mass is 278 g/mol. The standard InChI is InChI=1S/C14H18N2O2S/c1-4-16(14(2,3)13(17)18)9-12-15-10-7-5-6-8-11(10)19-12/h5-8H,4,9H2,1-3H3,(H,17,18). The number of carboxylic acid groups (broad SMARTS) is 1. The zero-order valence-corrected chi connectivity index (χ0v) is 12.2. The summed E-state index contributed by atoms with van der Waals surface area (Å²) < 4.78 is 1.14. The van der Waals surface area contributed by atoms with Gasteiger partial charge in [-0.25, -0.2) is 4.98 Å². The number of rotatable bonds is 5. The van der Waals surface area contributed by atoms with E-state index in [0.29, 0.717) is 13.1 Å². The minimum absolute atomic E-state index is 0.565. The maximum atomic E-state index is 11.3. The highest BCUT2D eigenvalue weighted by atomic mass is 32.1. The van der Waals surface area contributed by atoms with Crippen molar-refractivity contribution in [2.45, 2.75) is 32.9 Å². The molecule has 0 fully saturated rings. The van der Waals surface area contributed by atoms with Gasteiger partial charge in [-0.15, -0.1) is 11.3 Å². The Hall–Kier alpha value is -1.46. The summed E-state index contributed by atoms with van der Waals surface area (Å²) in [6.45, 7) is 6.67. The number of nitrogens with zero attached hydrogens (tertiary/aromatic N) is 2. The molecule has 0 amide bonds. The van der Waals surface area contributed by atoms with Crippen LogP contribution in [0.25, 0.3) is 10.2 Å². The second-order valence-electron chi connectivity index (χ2n) is 4.95. The average Bonchev–Trinajstić information content (AvgIpc) is 2.77. The van der Waals surface area contributed by atoms with E-state index >= 15 is 0 Å². The van der Waals surface area contributed by atoms with Gasteiger partial charge in [-0.1, -0.05) is 19.1 Å². The number of hydrogen-bond acceptors (Lipinski definition) is 4. The lowest BCUT2D eigenvalue weighted by molar-refractivity contribution is -0.149. The van der Waals surface area contributed by atoms with E-state index in [1.54, 1.807) is 25.2 Å². The predicted octanol–water partition coefficient (Wildman–Crippen LogP) is 2.98. The lowest BCUT2D eigenvalue weighted by Crippen LogP contribution is -2.49. The summed E-state index contributed by atoms with van der Waals surface area (Å²) in [4.78, 5) is 17.8. The molecule has 1 N–H and O–H groups in total. The van der Waals surface area contributed by atoms with Gasteiger partial charge in [-0.2, -0.15) is 0 Å². The number of carboxylic acids is 1. The largest absolute Gasteiger partial charge is 0.480 e. The van der Waals surface area contributed by atoms with Crippen LogP contribution in [0.5, 0.6) is 0 Å². The third-order valence-corrected chi connectivity index (χ3v) is 4.38. The van der Waals surface area contributed by atoms with Crippen molar-refractivity contribution in [3.05, 3.63) is 29.3 Å². The topological polar surface area (TPSA) is 53.4 Å². The van der Waals surface area contributed by atoms with Gasteiger partial charge >= 0.3 is 5.97 Å². The maximum absolute atomic E-state index is 11.3. The summed E-state index contributed by atoms with van der Waals surface area (Å²) in [6, 6.07) is 7.97. The number of aliphatic carboxylic acids is 1. The van der Waals surface area contributed by atoms with Crippen LogP contribution in [0.1, 0.15) is 25.8 Å². The number of para-hydroxylation sites is 1. The van der Waals surface area contributed by atoms with Crippen LogP contribution < -0.4 is 0 Å². The lowest BCUT2D eigenvalue weighted by Gasteiger charge is -2.33. The molecular formula is C14H18N2O2S. The van der Waals surface area contributed by atoms with E-state index in [9.17, 15) is 9.90 Å². The number of aromatic nitrogens is 1. The number of likely N-dealkylation sites (N-methyl/N-ethyl adjacent to an activating group) is 1. The quantitative estimate of drug-likeness (QED) is 0.913. The Bertz CT molecular complexity index is 559. The van der Waals surface area contributed by atoms with Crippen LogP contribution in [0.2, 0.25) is 0 Å². The predicted molar refractivity (Wildman–Crippen MR) is 77.4 cm³/mol. The molecule has 102 valence electrons. The number of carbonyl (C=O) groups is 1. The van der Waals surface area contributed by atoms with E-state index in [2.05, 4.69) is 4.98 Å². The first-order valence-corrected chi connectivity index (χ1v) is 7.09. The van der Waals surface area contributed by atoms with Crippen molar-refractivity contribution in [2.24, 2.45) is 0 Å². The summed E-state index contributed by atoms with van der Waals surface area (Å²) in [5, 5.41) is 10.3. The molecule has 0 aliphatic heterocycles. The molecule has 5 heteroatoms. The van der Waals surface area contributed by atoms with Gasteiger partial charge in [-0.05, 0) is 32.5 Å². The second-order valence-corrected chi connectivity index (χ2v) is 6.07. The molecule has 0 atom stereocenters. The molecule has 19 heavy (non-hydrogen) atoms. The molecule has 0 saturated carbocycles. The molecule has 0 radical (unpaired) electrons. The number of fused-ring (bicyclic) bond motifs is 1. The van der Waals surface area contributed by atoms with Crippen LogP contribution in [-0.2, 0) is 11.3 Å². The van der Waals surface area contributed by atoms with Crippen LogP contribution in [0.15, 0.2) is 24.3 Å². The zero-order valence-electron chi connectivity index (χ0n) is 11.4. The fraction of sp³-hybridized carbons (Fsp3) is 0.429. The average molecular weight is 278 g/mol. The molecule has 0 saturated heterocycles. The van der Waals surface area contributed by atoms with Crippen molar-refractivity contribution in [3.8, 4) is 0 Å². The SMILES string of the molecule is CCN(Cc1nc2ccccc2s1)C(C)(C)C(=O)O. The van der Waals surface area contributed by atoms with E-state index in [1.165, 1.54) is 0 Å². The van der Waals surface area contributed by atoms with Gasteiger partial charge < -0.3 is 5.11 Å². The Morgan fingerprint density at radius 3 is 2.68 bits per heavy atom. The van der Waals surface area contributed by atoms with Crippen molar-refractivity contribution >= 4 is 27.5 Å². The van der Waals surface area contributed by atoms with Gasteiger partial charge in [0.25, 0.3) is 0 Å². The molecule has 0 unspecified atom stereocenters. The highest BCUT2D eigenvalue weighted by molar-refractivity contribution is 7.18. The third kappa shape index (κ3) is 2.77. The van der Waals surface area contributed by atoms with Gasteiger partial charge in [0.1, 0.15) is 10.5 Å². The van der Waals surface area contributed by atoms with Gasteiger partial charge in [-0.3, -0.25) is 9.69 Å². The number of benzene rings is 1. The Balaban J connectivity index is 2.25. The second kappa shape index (κ2) is 5.27. The molecule has 2 rings (SSSR count). The first-order valence-electron chi connectivity index (χ1n) is 6.28. The molecule has 1 aromatic heterocycles. The van der Waals surface area contributed by atoms with E-state index in [-0.39, 0.29) is 0 Å². The number of hydrogen-bond donors (Lipinski definition) is 1. The molecule has 0 aliphatic carbocycles. The summed E-state index contributed by atoms with van der Waals surface area (Å²) >= 11 is 1.62. The summed E-state index contributed by atoms with van der Waals surface area (Å²) in [7, 11) is 0. The minimum atomic E-state index is -0.882. The maximum Gasteiger partial charge on any atom is 0.323 e. The lowest BCUT2D eigenvalue weighted by atomic mass is 10.0. The molecule has 0 spiro atoms. The van der Waals surface area contributed by atoms with Crippen molar-refractivity contribution in [2.75, 3.05) is 6.54 Å². The van der Waals surface area contributed by atoms with Gasteiger partial charge in [0, 0.05) is 0 Å². The molecular weight excluding hydrogens is 260 g/mol.